The Hall–Kier alpha value is -1.19. The second-order valence-corrected chi connectivity index (χ2v) is 6.13. The van der Waals surface area contributed by atoms with Crippen LogP contribution in [0, 0.1) is 5.82 Å². The van der Waals surface area contributed by atoms with Gasteiger partial charge in [-0.25, -0.2) is 4.39 Å². The van der Waals surface area contributed by atoms with E-state index in [1.165, 1.54) is 34.6 Å². The fourth-order valence-electron chi connectivity index (χ4n) is 2.77. The average Bonchev–Trinajstić information content (AvgIpc) is 2.97. The summed E-state index contributed by atoms with van der Waals surface area (Å²) in [7, 11) is 0. The lowest BCUT2D eigenvalue weighted by Crippen LogP contribution is -2.22. The molecule has 1 heterocycles. The minimum Gasteiger partial charge on any atom is -0.306 e. The van der Waals surface area contributed by atoms with Crippen LogP contribution in [0.1, 0.15) is 40.3 Å². The number of hydrogen-bond donors (Lipinski definition) is 1. The lowest BCUT2D eigenvalue weighted by molar-refractivity contribution is 0.563. The topological polar surface area (TPSA) is 12.0 Å². The highest BCUT2D eigenvalue weighted by Gasteiger charge is 2.22. The normalized spacial score (nSPS) is 15.5. The van der Waals surface area contributed by atoms with Crippen molar-refractivity contribution in [1.82, 2.24) is 5.32 Å². The molecular formula is C16H18FNS. The molecule has 0 aliphatic heterocycles. The van der Waals surface area contributed by atoms with Crippen LogP contribution in [0.15, 0.2) is 30.3 Å². The minimum absolute atomic E-state index is 0.0122. The van der Waals surface area contributed by atoms with Crippen LogP contribution in [0.3, 0.4) is 0 Å². The highest BCUT2D eigenvalue weighted by atomic mass is 32.1. The molecule has 1 unspecified atom stereocenters. The number of halogens is 1. The number of benzene rings is 1. The number of fused-ring (bicyclic) bond motifs is 1. The fraction of sp³-hybridized carbons (Fsp3) is 0.375. The first-order chi connectivity index (χ1) is 9.29. The first-order valence-corrected chi connectivity index (χ1v) is 7.70. The summed E-state index contributed by atoms with van der Waals surface area (Å²) in [6, 6.07) is 9.34. The molecule has 0 radical (unpaired) electrons. The van der Waals surface area contributed by atoms with Gasteiger partial charge in [0.15, 0.2) is 0 Å². The van der Waals surface area contributed by atoms with Gasteiger partial charge in [0.1, 0.15) is 5.82 Å². The first kappa shape index (κ1) is 12.8. The van der Waals surface area contributed by atoms with Gasteiger partial charge in [0.05, 0.1) is 6.04 Å². The van der Waals surface area contributed by atoms with Crippen molar-refractivity contribution in [2.24, 2.45) is 0 Å². The highest BCUT2D eigenvalue weighted by Crippen LogP contribution is 2.36. The number of aryl methyl sites for hydroxylation is 2. The van der Waals surface area contributed by atoms with Gasteiger partial charge < -0.3 is 5.32 Å². The summed E-state index contributed by atoms with van der Waals surface area (Å²) in [5, 5.41) is 3.42. The molecule has 1 aliphatic carbocycles. The molecule has 0 bridgehead atoms. The average molecular weight is 275 g/mol. The highest BCUT2D eigenvalue weighted by molar-refractivity contribution is 7.12. The molecule has 1 nitrogen and oxygen atoms in total. The monoisotopic (exact) mass is 275 g/mol. The molecule has 1 aromatic carbocycles. The van der Waals surface area contributed by atoms with Gasteiger partial charge in [0, 0.05) is 15.3 Å². The molecule has 3 rings (SSSR count). The van der Waals surface area contributed by atoms with Gasteiger partial charge in [-0.1, -0.05) is 25.1 Å². The zero-order valence-electron chi connectivity index (χ0n) is 11.1. The molecule has 0 saturated carbocycles. The van der Waals surface area contributed by atoms with Gasteiger partial charge in [-0.2, -0.15) is 0 Å². The SMILES string of the molecule is CCNC(c1cc2c(s1)CCC2)c1ccccc1F. The zero-order valence-corrected chi connectivity index (χ0v) is 11.9. The van der Waals surface area contributed by atoms with Gasteiger partial charge in [0.25, 0.3) is 0 Å². The predicted molar refractivity (Wildman–Crippen MR) is 78.3 cm³/mol. The van der Waals surface area contributed by atoms with Gasteiger partial charge in [-0.15, -0.1) is 11.3 Å². The minimum atomic E-state index is -0.123. The number of rotatable bonds is 4. The van der Waals surface area contributed by atoms with E-state index in [1.807, 2.05) is 23.5 Å². The van der Waals surface area contributed by atoms with Crippen LogP contribution in [0.25, 0.3) is 0 Å². The summed E-state index contributed by atoms with van der Waals surface area (Å²) >= 11 is 1.84. The van der Waals surface area contributed by atoms with Crippen LogP contribution in [0.5, 0.6) is 0 Å². The maximum Gasteiger partial charge on any atom is 0.128 e. The third-order valence-electron chi connectivity index (χ3n) is 3.67. The van der Waals surface area contributed by atoms with E-state index >= 15 is 0 Å². The molecule has 1 aliphatic rings. The molecule has 1 atom stereocenters. The molecule has 3 heteroatoms. The van der Waals surface area contributed by atoms with Gasteiger partial charge >= 0.3 is 0 Å². The maximum absolute atomic E-state index is 14.0. The Kier molecular flexibility index (Phi) is 3.67. The summed E-state index contributed by atoms with van der Waals surface area (Å²) < 4.78 is 14.0. The molecule has 0 spiro atoms. The number of thiophene rings is 1. The molecule has 19 heavy (non-hydrogen) atoms. The van der Waals surface area contributed by atoms with Crippen LogP contribution in [0.2, 0.25) is 0 Å². The Labute approximate surface area is 117 Å². The summed E-state index contributed by atoms with van der Waals surface area (Å²) in [4.78, 5) is 2.74. The van der Waals surface area contributed by atoms with Crippen molar-refractivity contribution in [3.8, 4) is 0 Å². The van der Waals surface area contributed by atoms with Crippen LogP contribution in [0.4, 0.5) is 4.39 Å². The van der Waals surface area contributed by atoms with Crippen LogP contribution in [-0.4, -0.2) is 6.54 Å². The van der Waals surface area contributed by atoms with Crippen molar-refractivity contribution in [1.29, 1.82) is 0 Å². The predicted octanol–water partition coefficient (Wildman–Crippen LogP) is 4.07. The van der Waals surface area contributed by atoms with E-state index in [4.69, 9.17) is 0 Å². The Balaban J connectivity index is 1.98. The van der Waals surface area contributed by atoms with E-state index in [1.54, 1.807) is 12.1 Å². The number of hydrogen-bond acceptors (Lipinski definition) is 2. The Bertz CT molecular complexity index is 554. The number of nitrogens with one attached hydrogen (secondary N) is 1. The van der Waals surface area contributed by atoms with E-state index < -0.39 is 0 Å². The summed E-state index contributed by atoms with van der Waals surface area (Å²) in [5.41, 5.74) is 2.23. The van der Waals surface area contributed by atoms with E-state index in [-0.39, 0.29) is 11.9 Å². The molecule has 0 saturated heterocycles. The molecule has 1 aromatic heterocycles. The largest absolute Gasteiger partial charge is 0.306 e. The quantitative estimate of drug-likeness (QED) is 0.886. The van der Waals surface area contributed by atoms with Crippen molar-refractivity contribution >= 4 is 11.3 Å². The molecule has 100 valence electrons. The fourth-order valence-corrected chi connectivity index (χ4v) is 4.12. The van der Waals surface area contributed by atoms with Gasteiger partial charge in [-0.3, -0.25) is 0 Å². The van der Waals surface area contributed by atoms with Crippen molar-refractivity contribution in [3.63, 3.8) is 0 Å². The van der Waals surface area contributed by atoms with E-state index in [0.717, 1.165) is 12.1 Å². The molecule has 1 N–H and O–H groups in total. The lowest BCUT2D eigenvalue weighted by Gasteiger charge is -2.17. The molecule has 0 amide bonds. The van der Waals surface area contributed by atoms with Crippen molar-refractivity contribution in [3.05, 3.63) is 57.0 Å². The maximum atomic E-state index is 14.0. The van der Waals surface area contributed by atoms with E-state index in [2.05, 4.69) is 18.3 Å². The van der Waals surface area contributed by atoms with Crippen LogP contribution >= 0.6 is 11.3 Å². The molecular weight excluding hydrogens is 257 g/mol. The van der Waals surface area contributed by atoms with Crippen molar-refractivity contribution in [2.45, 2.75) is 32.2 Å². The Morgan fingerprint density at radius 3 is 2.89 bits per heavy atom. The summed E-state index contributed by atoms with van der Waals surface area (Å²) in [5.74, 6) is -0.123. The third kappa shape index (κ3) is 2.45. The van der Waals surface area contributed by atoms with E-state index in [9.17, 15) is 4.39 Å². The zero-order chi connectivity index (χ0) is 13.2. The van der Waals surface area contributed by atoms with E-state index in [0.29, 0.717) is 0 Å². The van der Waals surface area contributed by atoms with Gasteiger partial charge in [0.2, 0.25) is 0 Å². The second-order valence-electron chi connectivity index (χ2n) is 4.96. The molecule has 0 fully saturated rings. The Morgan fingerprint density at radius 2 is 2.16 bits per heavy atom. The lowest BCUT2D eigenvalue weighted by atomic mass is 10.0. The van der Waals surface area contributed by atoms with Crippen molar-refractivity contribution < 1.29 is 4.39 Å². The third-order valence-corrected chi connectivity index (χ3v) is 4.98. The standard InChI is InChI=1S/C16H18FNS/c1-2-18-16(12-7-3-4-8-13(12)17)15-10-11-6-5-9-14(11)19-15/h3-4,7-8,10,16,18H,2,5-6,9H2,1H3. The van der Waals surface area contributed by atoms with Crippen LogP contribution < -0.4 is 5.32 Å². The summed E-state index contributed by atoms with van der Waals surface area (Å²) in [6.07, 6.45) is 3.64. The van der Waals surface area contributed by atoms with Gasteiger partial charge in [-0.05, 0) is 43.5 Å². The summed E-state index contributed by atoms with van der Waals surface area (Å²) in [6.45, 7) is 2.90. The van der Waals surface area contributed by atoms with Crippen molar-refractivity contribution in [2.75, 3.05) is 6.54 Å². The first-order valence-electron chi connectivity index (χ1n) is 6.89. The smallest absolute Gasteiger partial charge is 0.128 e. The Morgan fingerprint density at radius 1 is 1.32 bits per heavy atom. The van der Waals surface area contributed by atoms with Crippen LogP contribution in [-0.2, 0) is 12.8 Å². The second kappa shape index (κ2) is 5.43. The molecule has 2 aromatic rings.